The second-order valence-corrected chi connectivity index (χ2v) is 9.86. The zero-order valence-corrected chi connectivity index (χ0v) is 22.7. The summed E-state index contributed by atoms with van der Waals surface area (Å²) >= 11 is 0. The van der Waals surface area contributed by atoms with Crippen molar-refractivity contribution >= 4 is 17.1 Å². The molecule has 6 aromatic carbocycles. The number of rotatable bonds is 7. The lowest BCUT2D eigenvalue weighted by Crippen LogP contribution is -2.10. The molecule has 0 aliphatic rings. The highest BCUT2D eigenvalue weighted by atomic mass is 16.5. The Morgan fingerprint density at radius 1 is 0.525 bits per heavy atom. The van der Waals surface area contributed by atoms with Crippen LogP contribution < -0.4 is 9.64 Å². The summed E-state index contributed by atoms with van der Waals surface area (Å²) in [4.78, 5) is 2.31. The molecule has 0 aliphatic carbocycles. The molecule has 0 heterocycles. The second kappa shape index (κ2) is 11.3. The highest BCUT2D eigenvalue weighted by molar-refractivity contribution is 5.88. The number of anilines is 3. The van der Waals surface area contributed by atoms with Gasteiger partial charge in [0.2, 0.25) is 0 Å². The van der Waals surface area contributed by atoms with Crippen LogP contribution in [0, 0.1) is 19.9 Å². The molecule has 40 heavy (non-hydrogen) atoms. The van der Waals surface area contributed by atoms with Gasteiger partial charge in [-0.1, -0.05) is 84.9 Å². The average Bonchev–Trinajstić information content (AvgIpc) is 2.99. The van der Waals surface area contributed by atoms with E-state index in [2.05, 4.69) is 122 Å². The molecule has 0 bridgehead atoms. The van der Waals surface area contributed by atoms with Gasteiger partial charge < -0.3 is 9.64 Å². The van der Waals surface area contributed by atoms with Crippen LogP contribution in [0.4, 0.5) is 17.1 Å². The molecule has 193 valence electrons. The molecule has 0 spiro atoms. The molecule has 0 saturated carbocycles. The van der Waals surface area contributed by atoms with Gasteiger partial charge in [0.15, 0.2) is 0 Å². The predicted molar refractivity (Wildman–Crippen MR) is 167 cm³/mol. The molecule has 0 atom stereocenters. The molecule has 6 aromatic rings. The van der Waals surface area contributed by atoms with E-state index in [1.807, 2.05) is 48.5 Å². The third-order valence-corrected chi connectivity index (χ3v) is 7.05. The van der Waals surface area contributed by atoms with Crippen molar-refractivity contribution in [3.05, 3.63) is 163 Å². The fourth-order valence-electron chi connectivity index (χ4n) is 5.28. The molecule has 0 N–H and O–H groups in total. The third kappa shape index (κ3) is 5.25. The zero-order valence-electron chi connectivity index (χ0n) is 22.7. The highest BCUT2D eigenvalue weighted by Gasteiger charge is 2.17. The maximum Gasteiger partial charge on any atom is 0.127 e. The summed E-state index contributed by atoms with van der Waals surface area (Å²) in [7, 11) is 0. The molecule has 0 unspecified atom stereocenters. The van der Waals surface area contributed by atoms with E-state index in [1.165, 1.54) is 16.7 Å². The topological polar surface area (TPSA) is 12.5 Å². The Labute approximate surface area is 236 Å². The standard InChI is InChI=1S/C38H30NO/c1-28-26-33(39(31-14-6-3-7-15-31)32-16-8-4-9-17-32)27-29(2)38(28)37-21-13-12-20-36(37)30-22-24-35(25-23-30)40-34-18-10-5-11-19-34/h3-20,22-27H,1-2H3. The number of ether oxygens (including phenoxy) is 1. The normalized spacial score (nSPS) is 10.8. The number of hydrogen-bond acceptors (Lipinski definition) is 2. The molecule has 0 saturated heterocycles. The number of nitrogens with zero attached hydrogens (tertiary/aromatic N) is 1. The minimum atomic E-state index is 0.815. The average molecular weight is 517 g/mol. The molecular weight excluding hydrogens is 486 g/mol. The van der Waals surface area contributed by atoms with Gasteiger partial charge >= 0.3 is 0 Å². The van der Waals surface area contributed by atoms with Crippen molar-refractivity contribution in [2.24, 2.45) is 0 Å². The minimum Gasteiger partial charge on any atom is -0.457 e. The number of hydrogen-bond donors (Lipinski definition) is 0. The largest absolute Gasteiger partial charge is 0.457 e. The maximum atomic E-state index is 6.02. The van der Waals surface area contributed by atoms with E-state index in [0.717, 1.165) is 45.3 Å². The van der Waals surface area contributed by atoms with Gasteiger partial charge in [0.1, 0.15) is 11.5 Å². The lowest BCUT2D eigenvalue weighted by atomic mass is 9.89. The molecule has 0 aromatic heterocycles. The summed E-state index contributed by atoms with van der Waals surface area (Å²) in [6.45, 7) is 4.39. The first kappa shape index (κ1) is 25.2. The Balaban J connectivity index is 1.38. The fourth-order valence-corrected chi connectivity index (χ4v) is 5.28. The number of aryl methyl sites for hydroxylation is 2. The predicted octanol–water partition coefficient (Wildman–Crippen LogP) is 10.7. The van der Waals surface area contributed by atoms with Gasteiger partial charge in [-0.15, -0.1) is 0 Å². The van der Waals surface area contributed by atoms with E-state index < -0.39 is 0 Å². The van der Waals surface area contributed by atoms with Crippen molar-refractivity contribution < 1.29 is 4.74 Å². The Bertz CT molecular complexity index is 1650. The molecule has 6 rings (SSSR count). The molecule has 0 fully saturated rings. The van der Waals surface area contributed by atoms with Crippen LogP contribution in [0.5, 0.6) is 11.5 Å². The van der Waals surface area contributed by atoms with Crippen LogP contribution in [-0.2, 0) is 0 Å². The number of benzene rings is 6. The van der Waals surface area contributed by atoms with Crippen molar-refractivity contribution in [1.29, 1.82) is 0 Å². The van der Waals surface area contributed by atoms with E-state index in [4.69, 9.17) is 4.74 Å². The maximum absolute atomic E-state index is 6.02. The van der Waals surface area contributed by atoms with E-state index in [0.29, 0.717) is 0 Å². The van der Waals surface area contributed by atoms with Gasteiger partial charge in [-0.3, -0.25) is 0 Å². The van der Waals surface area contributed by atoms with Gasteiger partial charge in [-0.05, 0) is 114 Å². The van der Waals surface area contributed by atoms with Gasteiger partial charge in [-0.2, -0.15) is 0 Å². The Hall–Kier alpha value is -5.08. The smallest absolute Gasteiger partial charge is 0.127 e. The molecule has 1 radical (unpaired) electrons. The van der Waals surface area contributed by atoms with E-state index in [1.54, 1.807) is 0 Å². The van der Waals surface area contributed by atoms with Crippen LogP contribution in [0.15, 0.2) is 146 Å². The van der Waals surface area contributed by atoms with E-state index in [-0.39, 0.29) is 0 Å². The Morgan fingerprint density at radius 2 is 1.05 bits per heavy atom. The lowest BCUT2D eigenvalue weighted by molar-refractivity contribution is 0.483. The van der Waals surface area contributed by atoms with Crippen LogP contribution in [-0.4, -0.2) is 0 Å². The van der Waals surface area contributed by atoms with Crippen molar-refractivity contribution in [3.63, 3.8) is 0 Å². The van der Waals surface area contributed by atoms with Gasteiger partial charge in [-0.25, -0.2) is 0 Å². The summed E-state index contributed by atoms with van der Waals surface area (Å²) in [6, 6.07) is 53.6. The zero-order chi connectivity index (χ0) is 27.3. The van der Waals surface area contributed by atoms with Crippen LogP contribution in [0.1, 0.15) is 11.1 Å². The van der Waals surface area contributed by atoms with Gasteiger partial charge in [0.05, 0.1) is 0 Å². The van der Waals surface area contributed by atoms with Crippen molar-refractivity contribution in [1.82, 2.24) is 0 Å². The van der Waals surface area contributed by atoms with Gasteiger partial charge in [0.25, 0.3) is 0 Å². The number of para-hydroxylation sites is 3. The van der Waals surface area contributed by atoms with Crippen LogP contribution >= 0.6 is 0 Å². The van der Waals surface area contributed by atoms with Gasteiger partial charge in [0, 0.05) is 17.1 Å². The fraction of sp³-hybridized carbons (Fsp3) is 0.0526. The molecule has 0 amide bonds. The van der Waals surface area contributed by atoms with Crippen LogP contribution in [0.3, 0.4) is 0 Å². The van der Waals surface area contributed by atoms with E-state index >= 15 is 0 Å². The first-order chi connectivity index (χ1) is 19.7. The molecule has 2 heteroatoms. The van der Waals surface area contributed by atoms with Crippen molar-refractivity contribution in [3.8, 4) is 33.8 Å². The summed E-state index contributed by atoms with van der Waals surface area (Å²) in [5.74, 6) is 1.64. The monoisotopic (exact) mass is 516 g/mol. The second-order valence-electron chi connectivity index (χ2n) is 9.86. The summed E-state index contributed by atoms with van der Waals surface area (Å²) in [5.41, 5.74) is 10.4. The quantitative estimate of drug-likeness (QED) is 0.209. The first-order valence-electron chi connectivity index (χ1n) is 13.5. The van der Waals surface area contributed by atoms with Crippen molar-refractivity contribution in [2.75, 3.05) is 4.90 Å². The summed E-state index contributed by atoms with van der Waals surface area (Å²) in [5, 5.41) is 0. The highest BCUT2D eigenvalue weighted by Crippen LogP contribution is 2.41. The third-order valence-electron chi connectivity index (χ3n) is 7.05. The SMILES string of the molecule is Cc1cc(N(c2ccccc2)c2ccccc2)cc(C)c1-c1[c]cccc1-c1ccc(Oc2ccccc2)cc1. The van der Waals surface area contributed by atoms with Crippen LogP contribution in [0.25, 0.3) is 22.3 Å². The summed E-state index contributed by atoms with van der Waals surface area (Å²) in [6.07, 6.45) is 0. The molecule has 0 aliphatic heterocycles. The minimum absolute atomic E-state index is 0.815. The molecule has 2 nitrogen and oxygen atoms in total. The Morgan fingerprint density at radius 3 is 1.62 bits per heavy atom. The Kier molecular flexibility index (Phi) is 7.15. The first-order valence-corrected chi connectivity index (χ1v) is 13.5. The molecular formula is C38H30NO. The summed E-state index contributed by atoms with van der Waals surface area (Å²) < 4.78 is 6.02. The lowest BCUT2D eigenvalue weighted by Gasteiger charge is -2.27. The van der Waals surface area contributed by atoms with E-state index in [9.17, 15) is 0 Å². The van der Waals surface area contributed by atoms with Crippen molar-refractivity contribution in [2.45, 2.75) is 13.8 Å². The van der Waals surface area contributed by atoms with Crippen LogP contribution in [0.2, 0.25) is 0 Å².